The van der Waals surface area contributed by atoms with Gasteiger partial charge in [0.1, 0.15) is 6.54 Å². The number of carbonyl (C=O) groups excluding carboxylic acids is 2. The Morgan fingerprint density at radius 2 is 1.55 bits per heavy atom. The van der Waals surface area contributed by atoms with Gasteiger partial charge in [-0.25, -0.2) is 13.2 Å². The van der Waals surface area contributed by atoms with Gasteiger partial charge in [-0.15, -0.1) is 0 Å². The van der Waals surface area contributed by atoms with E-state index in [1.54, 1.807) is 12.1 Å². The van der Waals surface area contributed by atoms with E-state index in [0.29, 0.717) is 5.69 Å². The average Bonchev–Trinajstić information content (AvgIpc) is 2.64. The maximum atomic E-state index is 12.5. The molecule has 0 fully saturated rings. The number of hydrogen-bond donors (Lipinski definition) is 1. The smallest absolute Gasteiger partial charge is 0.337 e. The molecule has 0 aliphatic heterocycles. The third-order valence-corrected chi connectivity index (χ3v) is 5.44. The van der Waals surface area contributed by atoms with Crippen LogP contribution in [0.1, 0.15) is 36.7 Å². The molecule has 0 saturated carbocycles. The van der Waals surface area contributed by atoms with E-state index in [0.717, 1.165) is 16.1 Å². The Hall–Kier alpha value is -2.87. The van der Waals surface area contributed by atoms with Gasteiger partial charge in [0.05, 0.1) is 24.6 Å². The van der Waals surface area contributed by atoms with Crippen LogP contribution in [0.4, 0.5) is 11.4 Å². The summed E-state index contributed by atoms with van der Waals surface area (Å²) in [6.45, 7) is 5.89. The van der Waals surface area contributed by atoms with Crippen molar-refractivity contribution < 1.29 is 22.7 Å². The molecule has 0 heterocycles. The van der Waals surface area contributed by atoms with Crippen LogP contribution in [0, 0.1) is 0 Å². The molecule has 1 N–H and O–H groups in total. The normalized spacial score (nSPS) is 11.6. The highest BCUT2D eigenvalue weighted by molar-refractivity contribution is 7.92. The molecular formula is C21H26N2O5S. The second-order valence-electron chi connectivity index (χ2n) is 7.68. The molecule has 7 nitrogen and oxygen atoms in total. The summed E-state index contributed by atoms with van der Waals surface area (Å²) in [5.74, 6) is -1.00. The summed E-state index contributed by atoms with van der Waals surface area (Å²) in [6.07, 6.45) is 1.02. The second kappa shape index (κ2) is 8.65. The summed E-state index contributed by atoms with van der Waals surface area (Å²) in [6, 6.07) is 13.2. The Balaban J connectivity index is 2.16. The van der Waals surface area contributed by atoms with E-state index in [4.69, 9.17) is 0 Å². The molecule has 2 rings (SSSR count). The standard InChI is InChI=1S/C21H26N2O5S/c1-21(2,3)16-8-10-17(11-9-16)22-19(24)14-23(29(5,26)27)18-12-6-15(7-13-18)20(25)28-4/h6-13H,14H2,1-5H3,(H,22,24). The van der Waals surface area contributed by atoms with E-state index < -0.39 is 28.4 Å². The van der Waals surface area contributed by atoms with E-state index in [1.165, 1.54) is 31.4 Å². The fraction of sp³-hybridized carbons (Fsp3) is 0.333. The van der Waals surface area contributed by atoms with Gasteiger partial charge in [0.2, 0.25) is 15.9 Å². The molecule has 2 aromatic carbocycles. The van der Waals surface area contributed by atoms with Crippen molar-refractivity contribution >= 4 is 33.3 Å². The minimum atomic E-state index is -3.71. The molecule has 0 saturated heterocycles. The van der Waals surface area contributed by atoms with Crippen LogP contribution >= 0.6 is 0 Å². The minimum Gasteiger partial charge on any atom is -0.465 e. The van der Waals surface area contributed by atoms with Gasteiger partial charge in [-0.2, -0.15) is 0 Å². The summed E-state index contributed by atoms with van der Waals surface area (Å²) >= 11 is 0. The first-order valence-electron chi connectivity index (χ1n) is 8.98. The van der Waals surface area contributed by atoms with Crippen LogP contribution in [0.25, 0.3) is 0 Å². The van der Waals surface area contributed by atoms with Crippen molar-refractivity contribution in [3.63, 3.8) is 0 Å². The Bertz CT molecular complexity index is 975. The van der Waals surface area contributed by atoms with Gasteiger partial charge in [0.25, 0.3) is 0 Å². The highest BCUT2D eigenvalue weighted by Gasteiger charge is 2.21. The van der Waals surface area contributed by atoms with Crippen LogP contribution in [0.15, 0.2) is 48.5 Å². The predicted molar refractivity (Wildman–Crippen MR) is 114 cm³/mol. The number of sulfonamides is 1. The summed E-state index contributed by atoms with van der Waals surface area (Å²) in [7, 11) is -2.45. The molecule has 0 aliphatic carbocycles. The van der Waals surface area contributed by atoms with Gasteiger partial charge >= 0.3 is 5.97 Å². The Kier molecular flexibility index (Phi) is 6.69. The molecule has 0 radical (unpaired) electrons. The first-order valence-corrected chi connectivity index (χ1v) is 10.8. The molecule has 0 aromatic heterocycles. The molecule has 0 atom stereocenters. The van der Waals surface area contributed by atoms with Crippen molar-refractivity contribution in [2.45, 2.75) is 26.2 Å². The maximum absolute atomic E-state index is 12.5. The zero-order valence-electron chi connectivity index (χ0n) is 17.2. The largest absolute Gasteiger partial charge is 0.465 e. The molecule has 0 unspecified atom stereocenters. The third kappa shape index (κ3) is 6.05. The van der Waals surface area contributed by atoms with Gasteiger partial charge in [-0.1, -0.05) is 32.9 Å². The molecule has 0 aliphatic rings. The number of methoxy groups -OCH3 is 1. The van der Waals surface area contributed by atoms with Crippen molar-refractivity contribution in [2.24, 2.45) is 0 Å². The average molecular weight is 419 g/mol. The minimum absolute atomic E-state index is 0.00795. The van der Waals surface area contributed by atoms with Gasteiger partial charge in [0.15, 0.2) is 0 Å². The number of carbonyl (C=O) groups is 2. The quantitative estimate of drug-likeness (QED) is 0.728. The summed E-state index contributed by atoms with van der Waals surface area (Å²) in [5, 5.41) is 2.71. The summed E-state index contributed by atoms with van der Waals surface area (Å²) in [5.41, 5.74) is 2.26. The van der Waals surface area contributed by atoms with Crippen molar-refractivity contribution in [3.05, 3.63) is 59.7 Å². The lowest BCUT2D eigenvalue weighted by Gasteiger charge is -2.22. The molecular weight excluding hydrogens is 392 g/mol. The van der Waals surface area contributed by atoms with Crippen molar-refractivity contribution in [3.8, 4) is 0 Å². The number of hydrogen-bond acceptors (Lipinski definition) is 5. The molecule has 2 aromatic rings. The Labute approximate surface area is 171 Å². The lowest BCUT2D eigenvalue weighted by atomic mass is 9.87. The monoisotopic (exact) mass is 418 g/mol. The van der Waals surface area contributed by atoms with Crippen LogP contribution in [0.5, 0.6) is 0 Å². The van der Waals surface area contributed by atoms with Gasteiger partial charge in [-0.3, -0.25) is 9.10 Å². The molecule has 0 spiro atoms. The van der Waals surface area contributed by atoms with Crippen LogP contribution in [-0.2, 0) is 25.0 Å². The molecule has 1 amide bonds. The number of amides is 1. The number of nitrogens with one attached hydrogen (secondary N) is 1. The van der Waals surface area contributed by atoms with Crippen LogP contribution in [-0.4, -0.2) is 40.2 Å². The van der Waals surface area contributed by atoms with Crippen LogP contribution in [0.3, 0.4) is 0 Å². The SMILES string of the molecule is COC(=O)c1ccc(N(CC(=O)Nc2ccc(C(C)(C)C)cc2)S(C)(=O)=O)cc1. The molecule has 156 valence electrons. The fourth-order valence-corrected chi connectivity index (χ4v) is 3.52. The van der Waals surface area contributed by atoms with Crippen molar-refractivity contribution in [2.75, 3.05) is 29.5 Å². The van der Waals surface area contributed by atoms with Gasteiger partial charge < -0.3 is 10.1 Å². The highest BCUT2D eigenvalue weighted by atomic mass is 32.2. The number of anilines is 2. The number of ether oxygens (including phenoxy) is 1. The van der Waals surface area contributed by atoms with Crippen LogP contribution < -0.4 is 9.62 Å². The second-order valence-corrected chi connectivity index (χ2v) is 9.59. The third-order valence-electron chi connectivity index (χ3n) is 4.30. The fourth-order valence-electron chi connectivity index (χ4n) is 2.67. The number of nitrogens with zero attached hydrogens (tertiary/aromatic N) is 1. The lowest BCUT2D eigenvalue weighted by Crippen LogP contribution is -2.37. The number of rotatable bonds is 6. The molecule has 29 heavy (non-hydrogen) atoms. The Morgan fingerprint density at radius 3 is 2.00 bits per heavy atom. The van der Waals surface area contributed by atoms with Crippen LogP contribution in [0.2, 0.25) is 0 Å². The van der Waals surface area contributed by atoms with Gasteiger partial charge in [0, 0.05) is 5.69 Å². The van der Waals surface area contributed by atoms with E-state index in [1.807, 2.05) is 12.1 Å². The maximum Gasteiger partial charge on any atom is 0.337 e. The van der Waals surface area contributed by atoms with Crippen molar-refractivity contribution in [1.82, 2.24) is 0 Å². The highest BCUT2D eigenvalue weighted by Crippen LogP contribution is 2.24. The van der Waals surface area contributed by atoms with E-state index in [2.05, 4.69) is 30.8 Å². The zero-order valence-corrected chi connectivity index (χ0v) is 18.0. The molecule has 8 heteroatoms. The molecule has 0 bridgehead atoms. The zero-order chi connectivity index (χ0) is 21.8. The van der Waals surface area contributed by atoms with Crippen molar-refractivity contribution in [1.29, 1.82) is 0 Å². The first-order chi connectivity index (χ1) is 13.4. The van der Waals surface area contributed by atoms with E-state index in [-0.39, 0.29) is 16.7 Å². The lowest BCUT2D eigenvalue weighted by molar-refractivity contribution is -0.114. The topological polar surface area (TPSA) is 92.8 Å². The van der Waals surface area contributed by atoms with E-state index in [9.17, 15) is 18.0 Å². The Morgan fingerprint density at radius 1 is 1.00 bits per heavy atom. The number of esters is 1. The first kappa shape index (κ1) is 22.4. The van der Waals surface area contributed by atoms with E-state index >= 15 is 0 Å². The predicted octanol–water partition coefficient (Wildman–Crippen LogP) is 3.18. The number of benzene rings is 2. The van der Waals surface area contributed by atoms with Gasteiger partial charge in [-0.05, 0) is 47.4 Å². The summed E-state index contributed by atoms with van der Waals surface area (Å²) < 4.78 is 30.0. The summed E-state index contributed by atoms with van der Waals surface area (Å²) in [4.78, 5) is 24.0.